The van der Waals surface area contributed by atoms with Crippen LogP contribution >= 0.6 is 0 Å². The molecule has 2 N–H and O–H groups in total. The molecule has 6 nitrogen and oxygen atoms in total. The van der Waals surface area contributed by atoms with Crippen molar-refractivity contribution in [2.75, 3.05) is 29.9 Å². The van der Waals surface area contributed by atoms with E-state index in [2.05, 4.69) is 53.3 Å². The number of aliphatic hydroxyl groups is 1. The molecule has 5 rings (SSSR count). The standard InChI is InChI=1S/C29H31N5O/c1-21-8-11-24(12-9-21)29(35)14-16-34(17-15-29)28-19-27(32-26-18-22(2)20-30-26)31-25(33-28)13-10-23-6-4-3-5-7-23/h3-13,18-19,35H,14-17,20H2,1-2H3,(H,30,31,32,33)/b13-10+. The summed E-state index contributed by atoms with van der Waals surface area (Å²) in [6, 6.07) is 20.3. The zero-order valence-corrected chi connectivity index (χ0v) is 20.3. The van der Waals surface area contributed by atoms with Crippen LogP contribution in [-0.2, 0) is 5.60 Å². The van der Waals surface area contributed by atoms with Crippen molar-refractivity contribution >= 4 is 29.6 Å². The van der Waals surface area contributed by atoms with Crippen molar-refractivity contribution in [3.8, 4) is 0 Å². The summed E-state index contributed by atoms with van der Waals surface area (Å²) in [6.45, 7) is 6.27. The van der Waals surface area contributed by atoms with Crippen molar-refractivity contribution in [2.45, 2.75) is 32.3 Å². The van der Waals surface area contributed by atoms with E-state index in [0.29, 0.717) is 44.1 Å². The Morgan fingerprint density at radius 3 is 2.37 bits per heavy atom. The average molecular weight is 466 g/mol. The number of aryl methyl sites for hydroxylation is 1. The Bertz CT molecular complexity index is 1270. The van der Waals surface area contributed by atoms with Gasteiger partial charge in [0.1, 0.15) is 17.5 Å². The summed E-state index contributed by atoms with van der Waals surface area (Å²) in [5.41, 5.74) is 3.69. The zero-order chi connectivity index (χ0) is 24.3. The number of nitrogens with zero attached hydrogens (tertiary/aromatic N) is 4. The van der Waals surface area contributed by atoms with Crippen LogP contribution in [0, 0.1) is 6.92 Å². The first kappa shape index (κ1) is 23.0. The maximum absolute atomic E-state index is 11.3. The lowest BCUT2D eigenvalue weighted by atomic mass is 9.84. The third-order valence-corrected chi connectivity index (χ3v) is 6.60. The number of hydrogen-bond donors (Lipinski definition) is 2. The first-order valence-electron chi connectivity index (χ1n) is 12.1. The van der Waals surface area contributed by atoms with Gasteiger partial charge in [-0.15, -0.1) is 0 Å². The van der Waals surface area contributed by atoms with Crippen LogP contribution in [-0.4, -0.2) is 40.5 Å². The summed E-state index contributed by atoms with van der Waals surface area (Å²) in [5, 5.41) is 14.7. The molecule has 3 aromatic rings. The second-order valence-electron chi connectivity index (χ2n) is 9.42. The molecule has 2 aliphatic rings. The SMILES string of the molecule is CC1=CC(Nc2cc(N3CCC(O)(c4ccc(C)cc4)CC3)nc(/C=C/c3ccccc3)n2)=NC1. The van der Waals surface area contributed by atoms with Crippen molar-refractivity contribution < 1.29 is 5.11 Å². The fraction of sp³-hybridized carbons (Fsp3) is 0.276. The maximum atomic E-state index is 11.3. The highest BCUT2D eigenvalue weighted by atomic mass is 16.3. The van der Waals surface area contributed by atoms with E-state index in [4.69, 9.17) is 9.97 Å². The predicted octanol–water partition coefficient (Wildman–Crippen LogP) is 5.21. The van der Waals surface area contributed by atoms with E-state index in [1.54, 1.807) is 0 Å². The van der Waals surface area contributed by atoms with Crippen LogP contribution in [0.1, 0.15) is 42.3 Å². The molecule has 2 aromatic carbocycles. The van der Waals surface area contributed by atoms with Gasteiger partial charge in [-0.3, -0.25) is 4.99 Å². The van der Waals surface area contributed by atoms with Gasteiger partial charge in [-0.2, -0.15) is 0 Å². The van der Waals surface area contributed by atoms with Crippen LogP contribution in [0.2, 0.25) is 0 Å². The minimum atomic E-state index is -0.810. The molecule has 0 spiro atoms. The topological polar surface area (TPSA) is 73.6 Å². The largest absolute Gasteiger partial charge is 0.385 e. The summed E-state index contributed by atoms with van der Waals surface area (Å²) in [5.74, 6) is 3.01. The number of aromatic nitrogens is 2. The number of piperidine rings is 1. The number of nitrogens with one attached hydrogen (secondary N) is 1. The lowest BCUT2D eigenvalue weighted by Gasteiger charge is -2.39. The summed E-state index contributed by atoms with van der Waals surface area (Å²) in [4.78, 5) is 16.3. The first-order valence-corrected chi connectivity index (χ1v) is 12.1. The predicted molar refractivity (Wildman–Crippen MR) is 144 cm³/mol. The number of anilines is 2. The summed E-state index contributed by atoms with van der Waals surface area (Å²) < 4.78 is 0. The molecule has 1 fully saturated rings. The minimum absolute atomic E-state index is 0.632. The lowest BCUT2D eigenvalue weighted by molar-refractivity contribution is 0.0116. The van der Waals surface area contributed by atoms with Crippen molar-refractivity contribution in [2.24, 2.45) is 4.99 Å². The molecular formula is C29H31N5O. The zero-order valence-electron chi connectivity index (χ0n) is 20.3. The Morgan fingerprint density at radius 2 is 1.69 bits per heavy atom. The average Bonchev–Trinajstić information content (AvgIpc) is 3.28. The normalized spacial score (nSPS) is 17.4. The van der Waals surface area contributed by atoms with Crippen LogP contribution in [0.3, 0.4) is 0 Å². The van der Waals surface area contributed by atoms with Gasteiger partial charge in [0, 0.05) is 19.2 Å². The number of benzene rings is 2. The molecule has 1 saturated heterocycles. The van der Waals surface area contributed by atoms with E-state index in [0.717, 1.165) is 22.8 Å². The number of hydrogen-bond acceptors (Lipinski definition) is 6. The van der Waals surface area contributed by atoms with E-state index in [1.165, 1.54) is 11.1 Å². The van der Waals surface area contributed by atoms with Gasteiger partial charge in [-0.1, -0.05) is 66.2 Å². The molecule has 0 unspecified atom stereocenters. The number of rotatable bonds is 5. The molecular weight excluding hydrogens is 434 g/mol. The van der Waals surface area contributed by atoms with Gasteiger partial charge in [0.05, 0.1) is 12.1 Å². The molecule has 178 valence electrons. The third-order valence-electron chi connectivity index (χ3n) is 6.60. The Labute approximate surface area is 206 Å². The lowest BCUT2D eigenvalue weighted by Crippen LogP contribution is -2.43. The Balaban J connectivity index is 1.38. The molecule has 0 radical (unpaired) electrons. The summed E-state index contributed by atoms with van der Waals surface area (Å²) >= 11 is 0. The molecule has 3 heterocycles. The summed E-state index contributed by atoms with van der Waals surface area (Å²) in [6.07, 6.45) is 7.30. The highest BCUT2D eigenvalue weighted by molar-refractivity contribution is 6.05. The molecule has 0 bridgehead atoms. The van der Waals surface area contributed by atoms with Gasteiger partial charge in [0.15, 0.2) is 5.82 Å². The van der Waals surface area contributed by atoms with Crippen LogP contribution in [0.15, 0.2) is 77.3 Å². The molecule has 0 saturated carbocycles. The van der Waals surface area contributed by atoms with Gasteiger partial charge < -0.3 is 15.3 Å². The molecule has 0 atom stereocenters. The Morgan fingerprint density at radius 1 is 0.943 bits per heavy atom. The number of aliphatic imine (C=N–C) groups is 1. The fourth-order valence-corrected chi connectivity index (χ4v) is 4.49. The monoisotopic (exact) mass is 465 g/mol. The smallest absolute Gasteiger partial charge is 0.156 e. The van der Waals surface area contributed by atoms with Gasteiger partial charge >= 0.3 is 0 Å². The van der Waals surface area contributed by atoms with Crippen LogP contribution in [0.4, 0.5) is 11.6 Å². The molecule has 1 aromatic heterocycles. The van der Waals surface area contributed by atoms with E-state index in [-0.39, 0.29) is 0 Å². The van der Waals surface area contributed by atoms with Crippen molar-refractivity contribution in [3.05, 3.63) is 94.8 Å². The van der Waals surface area contributed by atoms with Crippen LogP contribution in [0.5, 0.6) is 0 Å². The van der Waals surface area contributed by atoms with Crippen LogP contribution < -0.4 is 10.2 Å². The van der Waals surface area contributed by atoms with E-state index in [1.807, 2.05) is 54.6 Å². The van der Waals surface area contributed by atoms with Crippen molar-refractivity contribution in [3.63, 3.8) is 0 Å². The number of amidine groups is 1. The maximum Gasteiger partial charge on any atom is 0.156 e. The van der Waals surface area contributed by atoms with E-state index in [9.17, 15) is 5.11 Å². The summed E-state index contributed by atoms with van der Waals surface area (Å²) in [7, 11) is 0. The highest BCUT2D eigenvalue weighted by Gasteiger charge is 2.34. The Hall–Kier alpha value is -3.77. The molecule has 35 heavy (non-hydrogen) atoms. The van der Waals surface area contributed by atoms with Crippen LogP contribution in [0.25, 0.3) is 12.2 Å². The third kappa shape index (κ3) is 5.49. The molecule has 6 heteroatoms. The van der Waals surface area contributed by atoms with E-state index < -0.39 is 5.60 Å². The van der Waals surface area contributed by atoms with Crippen molar-refractivity contribution in [1.29, 1.82) is 0 Å². The van der Waals surface area contributed by atoms with Gasteiger partial charge in [-0.25, -0.2) is 9.97 Å². The first-order chi connectivity index (χ1) is 17.0. The minimum Gasteiger partial charge on any atom is -0.385 e. The second-order valence-corrected chi connectivity index (χ2v) is 9.42. The quantitative estimate of drug-likeness (QED) is 0.541. The molecule has 0 amide bonds. The van der Waals surface area contributed by atoms with Gasteiger partial charge in [-0.05, 0) is 55.5 Å². The van der Waals surface area contributed by atoms with Gasteiger partial charge in [0.2, 0.25) is 0 Å². The van der Waals surface area contributed by atoms with E-state index >= 15 is 0 Å². The van der Waals surface area contributed by atoms with Gasteiger partial charge in [0.25, 0.3) is 0 Å². The Kier molecular flexibility index (Phi) is 6.47. The second kappa shape index (κ2) is 9.84. The molecule has 0 aliphatic carbocycles. The highest BCUT2D eigenvalue weighted by Crippen LogP contribution is 2.34. The molecule has 2 aliphatic heterocycles. The van der Waals surface area contributed by atoms with Crippen molar-refractivity contribution in [1.82, 2.24) is 9.97 Å². The fourth-order valence-electron chi connectivity index (χ4n) is 4.49.